The maximum atomic E-state index is 6.21. The predicted octanol–water partition coefficient (Wildman–Crippen LogP) is 3.71. The Kier molecular flexibility index (Phi) is 4.91. The fraction of sp³-hybridized carbons (Fsp3) is 0.550. The van der Waals surface area contributed by atoms with Crippen molar-refractivity contribution >= 4 is 11.3 Å². The minimum Gasteiger partial charge on any atom is -0.371 e. The Hall–Kier alpha value is -1.27. The van der Waals surface area contributed by atoms with Gasteiger partial charge in [0.2, 0.25) is 0 Å². The van der Waals surface area contributed by atoms with Crippen LogP contribution in [0.3, 0.4) is 0 Å². The molecule has 1 spiro atoms. The molecule has 3 heterocycles. The van der Waals surface area contributed by atoms with Crippen LogP contribution >= 0.6 is 11.3 Å². The van der Waals surface area contributed by atoms with Crippen molar-refractivity contribution in [3.63, 3.8) is 0 Å². The average Bonchev–Trinajstić information content (AvgIpc) is 3.28. The Labute approximate surface area is 153 Å². The van der Waals surface area contributed by atoms with E-state index in [-0.39, 0.29) is 11.7 Å². The summed E-state index contributed by atoms with van der Waals surface area (Å²) in [5.41, 5.74) is 3.75. The van der Waals surface area contributed by atoms with Gasteiger partial charge in [0.05, 0.1) is 35.6 Å². The first-order valence-corrected chi connectivity index (χ1v) is 9.93. The monoisotopic (exact) mass is 358 g/mol. The lowest BCUT2D eigenvalue weighted by Gasteiger charge is -2.23. The summed E-state index contributed by atoms with van der Waals surface area (Å²) < 4.78 is 12.3. The van der Waals surface area contributed by atoms with E-state index in [9.17, 15) is 0 Å². The van der Waals surface area contributed by atoms with Gasteiger partial charge in [-0.25, -0.2) is 4.98 Å². The molecule has 5 heteroatoms. The number of rotatable bonds is 5. The molecule has 2 saturated heterocycles. The molecule has 4 rings (SSSR count). The van der Waals surface area contributed by atoms with Gasteiger partial charge in [-0.15, -0.1) is 11.3 Å². The molecule has 2 aliphatic rings. The van der Waals surface area contributed by atoms with Crippen molar-refractivity contribution < 1.29 is 9.47 Å². The van der Waals surface area contributed by atoms with Crippen molar-refractivity contribution in [1.29, 1.82) is 0 Å². The fourth-order valence-electron chi connectivity index (χ4n) is 4.00. The Bertz CT molecular complexity index is 732. The second-order valence-corrected chi connectivity index (χ2v) is 8.50. The molecule has 0 radical (unpaired) electrons. The zero-order chi connectivity index (χ0) is 17.3. The maximum absolute atomic E-state index is 6.21. The van der Waals surface area contributed by atoms with E-state index in [2.05, 4.69) is 46.5 Å². The van der Waals surface area contributed by atoms with E-state index in [0.29, 0.717) is 13.2 Å². The summed E-state index contributed by atoms with van der Waals surface area (Å²) >= 11 is 1.68. The highest BCUT2D eigenvalue weighted by molar-refractivity contribution is 7.09. The lowest BCUT2D eigenvalue weighted by Crippen LogP contribution is -2.33. The molecule has 0 N–H and O–H groups in total. The van der Waals surface area contributed by atoms with Crippen molar-refractivity contribution in [2.75, 3.05) is 19.7 Å². The summed E-state index contributed by atoms with van der Waals surface area (Å²) in [6, 6.07) is 8.80. The van der Waals surface area contributed by atoms with Gasteiger partial charge in [-0.05, 0) is 25.8 Å². The van der Waals surface area contributed by atoms with Crippen LogP contribution in [-0.2, 0) is 22.6 Å². The second-order valence-electron chi connectivity index (χ2n) is 7.44. The number of nitrogens with zero attached hydrogens (tertiary/aromatic N) is 2. The number of hydrogen-bond donors (Lipinski definition) is 0. The van der Waals surface area contributed by atoms with E-state index in [0.717, 1.165) is 43.2 Å². The van der Waals surface area contributed by atoms with Gasteiger partial charge in [0.25, 0.3) is 0 Å². The normalized spacial score (nSPS) is 26.7. The summed E-state index contributed by atoms with van der Waals surface area (Å²) in [4.78, 5) is 6.99. The zero-order valence-corrected chi connectivity index (χ0v) is 15.8. The molecule has 2 fully saturated rings. The van der Waals surface area contributed by atoms with E-state index in [4.69, 9.17) is 9.47 Å². The highest BCUT2D eigenvalue weighted by Crippen LogP contribution is 2.37. The van der Waals surface area contributed by atoms with Crippen molar-refractivity contribution in [2.45, 2.75) is 51.5 Å². The standard InChI is InChI=1S/C20H26N2O2S/c1-15-4-3-5-17(8-15)10-22-7-6-20(14-22)9-19(12-24-20)23-11-18-13-25-16(2)21-18/h3-5,8,13,19H,6-7,9-12,14H2,1-2H3/t19-,20+/m1/s1. The van der Waals surface area contributed by atoms with Crippen LogP contribution in [0.5, 0.6) is 0 Å². The van der Waals surface area contributed by atoms with Gasteiger partial charge in [0.15, 0.2) is 0 Å². The molecule has 0 saturated carbocycles. The lowest BCUT2D eigenvalue weighted by molar-refractivity contribution is -0.000749. The summed E-state index contributed by atoms with van der Waals surface area (Å²) in [6.45, 7) is 8.62. The molecular formula is C20H26N2O2S. The zero-order valence-electron chi connectivity index (χ0n) is 15.0. The summed E-state index contributed by atoms with van der Waals surface area (Å²) in [6.07, 6.45) is 2.30. The Balaban J connectivity index is 1.29. The molecule has 2 aromatic rings. The number of hydrogen-bond acceptors (Lipinski definition) is 5. The Morgan fingerprint density at radius 3 is 3.12 bits per heavy atom. The molecule has 0 bridgehead atoms. The van der Waals surface area contributed by atoms with Crippen LogP contribution in [0.25, 0.3) is 0 Å². The maximum Gasteiger partial charge on any atom is 0.0901 e. The molecular weight excluding hydrogens is 332 g/mol. The topological polar surface area (TPSA) is 34.6 Å². The molecule has 1 aromatic carbocycles. The average molecular weight is 359 g/mol. The number of aryl methyl sites for hydroxylation is 2. The third kappa shape index (κ3) is 4.11. The summed E-state index contributed by atoms with van der Waals surface area (Å²) in [5, 5.41) is 3.18. The van der Waals surface area contributed by atoms with Crippen molar-refractivity contribution in [3.05, 3.63) is 51.5 Å². The van der Waals surface area contributed by atoms with E-state index in [1.807, 2.05) is 6.92 Å². The molecule has 25 heavy (non-hydrogen) atoms. The largest absolute Gasteiger partial charge is 0.371 e. The first kappa shape index (κ1) is 17.2. The molecule has 4 nitrogen and oxygen atoms in total. The number of thiazole rings is 1. The third-order valence-electron chi connectivity index (χ3n) is 5.19. The summed E-state index contributed by atoms with van der Waals surface area (Å²) in [5.74, 6) is 0. The highest BCUT2D eigenvalue weighted by atomic mass is 32.1. The quantitative estimate of drug-likeness (QED) is 0.816. The van der Waals surface area contributed by atoms with Crippen molar-refractivity contribution in [3.8, 4) is 0 Å². The third-order valence-corrected chi connectivity index (χ3v) is 6.01. The molecule has 0 aliphatic carbocycles. The van der Waals surface area contributed by atoms with Crippen molar-refractivity contribution in [2.24, 2.45) is 0 Å². The minimum atomic E-state index is -0.00746. The lowest BCUT2D eigenvalue weighted by atomic mass is 9.98. The SMILES string of the molecule is Cc1cccc(CN2CC[C@]3(C[C@@H](OCc4csc(C)n4)CO3)C2)c1. The fourth-order valence-corrected chi connectivity index (χ4v) is 4.60. The number of benzene rings is 1. The number of likely N-dealkylation sites (tertiary alicyclic amines) is 1. The Morgan fingerprint density at radius 2 is 2.32 bits per heavy atom. The van der Waals surface area contributed by atoms with Gasteiger partial charge >= 0.3 is 0 Å². The molecule has 134 valence electrons. The van der Waals surface area contributed by atoms with Gasteiger partial charge < -0.3 is 9.47 Å². The summed E-state index contributed by atoms with van der Waals surface area (Å²) in [7, 11) is 0. The van der Waals surface area contributed by atoms with Crippen LogP contribution in [0.2, 0.25) is 0 Å². The van der Waals surface area contributed by atoms with Gasteiger partial charge in [-0.2, -0.15) is 0 Å². The van der Waals surface area contributed by atoms with Crippen LogP contribution in [0, 0.1) is 13.8 Å². The Morgan fingerprint density at radius 1 is 1.40 bits per heavy atom. The molecule has 0 unspecified atom stereocenters. The van der Waals surface area contributed by atoms with Gasteiger partial charge in [-0.1, -0.05) is 29.8 Å². The first-order valence-electron chi connectivity index (χ1n) is 9.05. The number of aromatic nitrogens is 1. The van der Waals surface area contributed by atoms with E-state index in [1.165, 1.54) is 11.1 Å². The smallest absolute Gasteiger partial charge is 0.0901 e. The molecule has 1 aromatic heterocycles. The van der Waals surface area contributed by atoms with E-state index in [1.54, 1.807) is 11.3 Å². The van der Waals surface area contributed by atoms with E-state index < -0.39 is 0 Å². The van der Waals surface area contributed by atoms with E-state index >= 15 is 0 Å². The molecule has 2 atom stereocenters. The van der Waals surface area contributed by atoms with Gasteiger partial charge in [0.1, 0.15) is 0 Å². The molecule has 2 aliphatic heterocycles. The number of ether oxygens (including phenoxy) is 2. The van der Waals surface area contributed by atoms with Gasteiger partial charge in [0, 0.05) is 31.4 Å². The highest BCUT2D eigenvalue weighted by Gasteiger charge is 2.45. The molecule has 0 amide bonds. The predicted molar refractivity (Wildman–Crippen MR) is 99.8 cm³/mol. The van der Waals surface area contributed by atoms with Crippen LogP contribution in [-0.4, -0.2) is 41.3 Å². The first-order chi connectivity index (χ1) is 12.1. The van der Waals surface area contributed by atoms with Crippen LogP contribution in [0.15, 0.2) is 29.6 Å². The van der Waals surface area contributed by atoms with Crippen LogP contribution < -0.4 is 0 Å². The minimum absolute atomic E-state index is 0.00746. The van der Waals surface area contributed by atoms with Crippen molar-refractivity contribution in [1.82, 2.24) is 9.88 Å². The van der Waals surface area contributed by atoms with Crippen LogP contribution in [0.4, 0.5) is 0 Å². The van der Waals surface area contributed by atoms with Gasteiger partial charge in [-0.3, -0.25) is 4.90 Å². The van der Waals surface area contributed by atoms with Crippen LogP contribution in [0.1, 0.15) is 34.7 Å². The second kappa shape index (κ2) is 7.16.